The van der Waals surface area contributed by atoms with E-state index in [1.807, 2.05) is 69.3 Å². The zero-order valence-electron chi connectivity index (χ0n) is 28.3. The van der Waals surface area contributed by atoms with Crippen molar-refractivity contribution < 1.29 is 23.7 Å². The summed E-state index contributed by atoms with van der Waals surface area (Å²) in [5.41, 5.74) is 6.88. The van der Waals surface area contributed by atoms with Crippen LogP contribution in [0.25, 0.3) is 6.08 Å². The molecule has 8 nitrogen and oxygen atoms in total. The molecule has 47 heavy (non-hydrogen) atoms. The standard InChI is InChI=1S/C38H42N2O6S/c1-9-43-32-19-27(11-16-31(32)45-21-30-24(6)17-23(5)18-25(30)7)20-33-36(41)40-35(28-12-14-29(15-13-28)46-22(3)4)34(37(42)44-10-2)26(8)39-38(40)47-33/h11-20,22,35H,9-10,21H2,1-8H3/b33-20-/t35-/m0/s1. The Morgan fingerprint density at radius 2 is 1.64 bits per heavy atom. The number of aryl methyl sites for hydroxylation is 3. The quantitative estimate of drug-likeness (QED) is 0.172. The van der Waals surface area contributed by atoms with E-state index in [2.05, 4.69) is 32.9 Å². The molecule has 3 aromatic carbocycles. The maximum Gasteiger partial charge on any atom is 0.338 e. The van der Waals surface area contributed by atoms with Gasteiger partial charge >= 0.3 is 5.97 Å². The van der Waals surface area contributed by atoms with Gasteiger partial charge in [-0.2, -0.15) is 0 Å². The molecule has 1 atom stereocenters. The maximum absolute atomic E-state index is 14.1. The Kier molecular flexibility index (Phi) is 10.3. The number of esters is 1. The minimum absolute atomic E-state index is 0.0150. The topological polar surface area (TPSA) is 88.4 Å². The van der Waals surface area contributed by atoms with Crippen molar-refractivity contribution in [3.8, 4) is 17.2 Å². The summed E-state index contributed by atoms with van der Waals surface area (Å²) in [5.74, 6) is 1.43. The number of thiazole rings is 1. The molecular weight excluding hydrogens is 612 g/mol. The van der Waals surface area contributed by atoms with Gasteiger partial charge < -0.3 is 18.9 Å². The van der Waals surface area contributed by atoms with Crippen molar-refractivity contribution in [3.05, 3.63) is 119 Å². The van der Waals surface area contributed by atoms with Crippen LogP contribution in [0.15, 0.2) is 75.7 Å². The lowest BCUT2D eigenvalue weighted by molar-refractivity contribution is -0.139. The molecule has 0 radical (unpaired) electrons. The minimum Gasteiger partial charge on any atom is -0.491 e. The highest BCUT2D eigenvalue weighted by Crippen LogP contribution is 2.33. The predicted molar refractivity (Wildman–Crippen MR) is 185 cm³/mol. The summed E-state index contributed by atoms with van der Waals surface area (Å²) in [5, 5.41) is 0. The molecule has 0 amide bonds. The van der Waals surface area contributed by atoms with Gasteiger partial charge in [-0.1, -0.05) is 47.2 Å². The van der Waals surface area contributed by atoms with E-state index < -0.39 is 12.0 Å². The Morgan fingerprint density at radius 1 is 0.936 bits per heavy atom. The van der Waals surface area contributed by atoms with E-state index in [9.17, 15) is 9.59 Å². The summed E-state index contributed by atoms with van der Waals surface area (Å²) in [6.07, 6.45) is 1.84. The first-order chi connectivity index (χ1) is 22.5. The zero-order chi connectivity index (χ0) is 33.8. The van der Waals surface area contributed by atoms with Gasteiger partial charge in [0.05, 0.1) is 41.2 Å². The molecule has 1 aliphatic rings. The number of ether oxygens (including phenoxy) is 4. The van der Waals surface area contributed by atoms with Crippen LogP contribution >= 0.6 is 11.3 Å². The van der Waals surface area contributed by atoms with Crippen molar-refractivity contribution in [2.45, 2.75) is 74.1 Å². The number of rotatable bonds is 11. The summed E-state index contributed by atoms with van der Waals surface area (Å²) < 4.78 is 25.5. The molecule has 0 N–H and O–H groups in total. The number of carbonyl (C=O) groups excluding carboxylic acids is 1. The van der Waals surface area contributed by atoms with E-state index in [0.717, 1.165) is 16.7 Å². The normalized spacial score (nSPS) is 14.6. The summed E-state index contributed by atoms with van der Waals surface area (Å²) in [6.45, 7) is 16.8. The number of hydrogen-bond donors (Lipinski definition) is 0. The molecule has 1 aromatic heterocycles. The van der Waals surface area contributed by atoms with Crippen molar-refractivity contribution >= 4 is 23.4 Å². The van der Waals surface area contributed by atoms with Crippen LogP contribution in [-0.2, 0) is 16.1 Å². The molecule has 0 fully saturated rings. The smallest absolute Gasteiger partial charge is 0.338 e. The Hall–Kier alpha value is -4.63. The van der Waals surface area contributed by atoms with E-state index >= 15 is 0 Å². The van der Waals surface area contributed by atoms with E-state index in [-0.39, 0.29) is 18.3 Å². The molecule has 0 aliphatic carbocycles. The van der Waals surface area contributed by atoms with E-state index in [0.29, 0.717) is 51.1 Å². The van der Waals surface area contributed by atoms with Crippen molar-refractivity contribution in [2.75, 3.05) is 13.2 Å². The van der Waals surface area contributed by atoms with Gasteiger partial charge in [-0.05, 0) is 114 Å². The first-order valence-corrected chi connectivity index (χ1v) is 16.7. The van der Waals surface area contributed by atoms with Crippen LogP contribution in [0, 0.1) is 20.8 Å². The van der Waals surface area contributed by atoms with Crippen LogP contribution in [0.4, 0.5) is 0 Å². The fourth-order valence-corrected chi connectivity index (χ4v) is 6.90. The molecule has 4 aromatic rings. The lowest BCUT2D eigenvalue weighted by atomic mass is 9.96. The fraction of sp³-hybridized carbons (Fsp3) is 0.342. The summed E-state index contributed by atoms with van der Waals surface area (Å²) >= 11 is 1.28. The molecule has 246 valence electrons. The monoisotopic (exact) mass is 654 g/mol. The number of aromatic nitrogens is 1. The van der Waals surface area contributed by atoms with Gasteiger partial charge in [-0.15, -0.1) is 0 Å². The Balaban J connectivity index is 1.54. The van der Waals surface area contributed by atoms with Gasteiger partial charge in [-0.3, -0.25) is 9.36 Å². The predicted octanol–water partition coefficient (Wildman–Crippen LogP) is 6.49. The Labute approximate surface area is 279 Å². The van der Waals surface area contributed by atoms with Gasteiger partial charge in [0.15, 0.2) is 16.3 Å². The number of nitrogens with zero attached hydrogens (tertiary/aromatic N) is 2. The van der Waals surface area contributed by atoms with Crippen molar-refractivity contribution in [1.29, 1.82) is 0 Å². The number of carbonyl (C=O) groups is 1. The number of fused-ring (bicyclic) bond motifs is 1. The zero-order valence-corrected chi connectivity index (χ0v) is 29.1. The SMILES string of the molecule is CCOC(=O)C1=C(C)N=c2s/c(=C\c3ccc(OCc4c(C)cc(C)cc4C)c(OCC)c3)c(=O)n2[C@H]1c1ccc(OC(C)C)cc1. The minimum atomic E-state index is -0.705. The molecule has 0 spiro atoms. The molecule has 0 unspecified atom stereocenters. The first kappa shape index (κ1) is 33.7. The van der Waals surface area contributed by atoms with Gasteiger partial charge in [0, 0.05) is 0 Å². The highest BCUT2D eigenvalue weighted by Gasteiger charge is 2.33. The molecule has 5 rings (SSSR count). The maximum atomic E-state index is 14.1. The molecule has 9 heteroatoms. The third kappa shape index (κ3) is 7.36. The van der Waals surface area contributed by atoms with Crippen molar-refractivity contribution in [2.24, 2.45) is 4.99 Å². The summed E-state index contributed by atoms with van der Waals surface area (Å²) in [4.78, 5) is 32.5. The highest BCUT2D eigenvalue weighted by atomic mass is 32.1. The molecule has 1 aliphatic heterocycles. The molecule has 0 bridgehead atoms. The van der Waals surface area contributed by atoms with E-state index in [1.165, 1.54) is 28.0 Å². The average molecular weight is 655 g/mol. The Bertz CT molecular complexity index is 1980. The molecule has 2 heterocycles. The third-order valence-electron chi connectivity index (χ3n) is 7.86. The second-order valence-electron chi connectivity index (χ2n) is 11.8. The second-order valence-corrected chi connectivity index (χ2v) is 12.9. The molecular formula is C38H42N2O6S. The molecule has 0 saturated carbocycles. The van der Waals surface area contributed by atoms with Crippen LogP contribution in [-0.4, -0.2) is 29.9 Å². The lowest BCUT2D eigenvalue weighted by Gasteiger charge is -2.25. The summed E-state index contributed by atoms with van der Waals surface area (Å²) in [6, 6.07) is 16.7. The van der Waals surface area contributed by atoms with Gasteiger partial charge in [-0.25, -0.2) is 9.79 Å². The van der Waals surface area contributed by atoms with Crippen LogP contribution in [0.1, 0.15) is 74.0 Å². The highest BCUT2D eigenvalue weighted by molar-refractivity contribution is 7.07. The van der Waals surface area contributed by atoms with Gasteiger partial charge in [0.1, 0.15) is 12.4 Å². The van der Waals surface area contributed by atoms with Crippen molar-refractivity contribution in [3.63, 3.8) is 0 Å². The van der Waals surface area contributed by atoms with Gasteiger partial charge in [0.25, 0.3) is 5.56 Å². The van der Waals surface area contributed by atoms with Crippen LogP contribution in [0.3, 0.4) is 0 Å². The average Bonchev–Trinajstić information content (AvgIpc) is 3.31. The van der Waals surface area contributed by atoms with Gasteiger partial charge in [0.2, 0.25) is 0 Å². The number of hydrogen-bond acceptors (Lipinski definition) is 8. The second kappa shape index (κ2) is 14.4. The van der Waals surface area contributed by atoms with Crippen molar-refractivity contribution in [1.82, 2.24) is 4.57 Å². The first-order valence-electron chi connectivity index (χ1n) is 15.9. The summed E-state index contributed by atoms with van der Waals surface area (Å²) in [7, 11) is 0. The van der Waals surface area contributed by atoms with E-state index in [1.54, 1.807) is 18.4 Å². The number of benzene rings is 3. The third-order valence-corrected chi connectivity index (χ3v) is 8.85. The lowest BCUT2D eigenvalue weighted by Crippen LogP contribution is -2.39. The van der Waals surface area contributed by atoms with Crippen LogP contribution in [0.2, 0.25) is 0 Å². The van der Waals surface area contributed by atoms with Crippen LogP contribution < -0.4 is 29.1 Å². The number of allylic oxidation sites excluding steroid dienone is 1. The molecule has 0 saturated heterocycles. The Morgan fingerprint density at radius 3 is 2.28 bits per heavy atom. The largest absolute Gasteiger partial charge is 0.491 e. The van der Waals surface area contributed by atoms with Crippen LogP contribution in [0.5, 0.6) is 17.2 Å². The van der Waals surface area contributed by atoms with E-state index in [4.69, 9.17) is 23.9 Å². The fourth-order valence-electron chi connectivity index (χ4n) is 5.85.